The number of ketones is 1. The zero-order valence-electron chi connectivity index (χ0n) is 25.1. The van der Waals surface area contributed by atoms with Crippen LogP contribution in [-0.2, 0) is 9.59 Å². The molecule has 4 aromatic rings. The van der Waals surface area contributed by atoms with Crippen molar-refractivity contribution in [2.45, 2.75) is 77.8 Å². The first kappa shape index (κ1) is 28.6. The summed E-state index contributed by atoms with van der Waals surface area (Å²) >= 11 is 0. The van der Waals surface area contributed by atoms with E-state index in [1.807, 2.05) is 55.4 Å². The highest BCUT2D eigenvalue weighted by atomic mass is 16.2. The molecule has 10 nitrogen and oxygen atoms in total. The highest BCUT2D eigenvalue weighted by Crippen LogP contribution is 2.38. The summed E-state index contributed by atoms with van der Waals surface area (Å²) in [4.78, 5) is 31.8. The molecule has 2 aliphatic rings. The molecule has 1 saturated carbocycles. The number of pyridine rings is 2. The van der Waals surface area contributed by atoms with Gasteiger partial charge in [0, 0.05) is 72.8 Å². The molecule has 1 aliphatic heterocycles. The smallest absolute Gasteiger partial charge is 0.226 e. The van der Waals surface area contributed by atoms with Crippen LogP contribution in [0.2, 0.25) is 0 Å². The molecule has 10 heteroatoms. The number of anilines is 1. The van der Waals surface area contributed by atoms with Crippen molar-refractivity contribution in [1.82, 2.24) is 29.7 Å². The van der Waals surface area contributed by atoms with E-state index in [1.54, 1.807) is 10.7 Å². The van der Waals surface area contributed by atoms with Crippen LogP contribution in [0.4, 0.5) is 5.82 Å². The van der Waals surface area contributed by atoms with Crippen LogP contribution in [0.25, 0.3) is 27.8 Å². The van der Waals surface area contributed by atoms with Gasteiger partial charge in [0.2, 0.25) is 5.91 Å². The third kappa shape index (κ3) is 5.52. The van der Waals surface area contributed by atoms with Gasteiger partial charge in [0.15, 0.2) is 0 Å². The quantitative estimate of drug-likeness (QED) is 0.314. The van der Waals surface area contributed by atoms with Gasteiger partial charge in [-0.05, 0) is 64.2 Å². The summed E-state index contributed by atoms with van der Waals surface area (Å²) in [6.07, 6.45) is 14.5. The first-order chi connectivity index (χ1) is 20.8. The summed E-state index contributed by atoms with van der Waals surface area (Å²) in [7, 11) is 0. The van der Waals surface area contributed by atoms with Crippen LogP contribution in [0.3, 0.4) is 0 Å². The predicted molar refractivity (Wildman–Crippen MR) is 164 cm³/mol. The second kappa shape index (κ2) is 11.6. The summed E-state index contributed by atoms with van der Waals surface area (Å²) in [5.74, 6) is 1.37. The summed E-state index contributed by atoms with van der Waals surface area (Å²) in [6, 6.07) is 8.78. The van der Waals surface area contributed by atoms with E-state index in [9.17, 15) is 14.9 Å². The number of nitriles is 1. The molecule has 0 unspecified atom stereocenters. The number of piperidine rings is 1. The van der Waals surface area contributed by atoms with E-state index >= 15 is 0 Å². The standard InChI is InChI=1S/C33H38N8O2/c1-4-33(32(43)38-22(2)3)11-13-39(14-12-33)30-10-5-23(17-35-30)29-15-24(20-41-31(29)25(16-34)18-37-41)26-19-36-40(21-26)27-6-8-28(42)9-7-27/h5,10,15,17-22,27H,4,6-9,11-14H2,1-3H3,(H,38,43). The Morgan fingerprint density at radius 2 is 1.84 bits per heavy atom. The van der Waals surface area contributed by atoms with Gasteiger partial charge in [-0.15, -0.1) is 0 Å². The Hall–Kier alpha value is -4.52. The molecule has 0 atom stereocenters. The Balaban J connectivity index is 1.26. The molecule has 0 spiro atoms. The molecule has 0 aromatic carbocycles. The second-order valence-corrected chi connectivity index (χ2v) is 12.2. The monoisotopic (exact) mass is 578 g/mol. The lowest BCUT2D eigenvalue weighted by molar-refractivity contribution is -0.133. The second-order valence-electron chi connectivity index (χ2n) is 12.2. The Labute approximate surface area is 251 Å². The van der Waals surface area contributed by atoms with Gasteiger partial charge in [-0.3, -0.25) is 14.3 Å². The molecule has 1 saturated heterocycles. The van der Waals surface area contributed by atoms with Crippen molar-refractivity contribution in [3.8, 4) is 28.3 Å². The lowest BCUT2D eigenvalue weighted by Crippen LogP contribution is -2.50. The lowest BCUT2D eigenvalue weighted by atomic mass is 9.75. The highest BCUT2D eigenvalue weighted by Gasteiger charge is 2.40. The minimum Gasteiger partial charge on any atom is -0.357 e. The van der Waals surface area contributed by atoms with Crippen molar-refractivity contribution in [2.75, 3.05) is 18.0 Å². The molecule has 0 radical (unpaired) electrons. The average molecular weight is 579 g/mol. The SMILES string of the molecule is CCC1(C(=O)NC(C)C)CCN(c2ccc(-c3cc(-c4cnn(C5CCC(=O)CC5)c4)cn4ncc(C#N)c34)cn2)CC1. The van der Waals surface area contributed by atoms with E-state index < -0.39 is 0 Å². The first-order valence-electron chi connectivity index (χ1n) is 15.3. The molecule has 6 rings (SSSR count). The molecule has 1 N–H and O–H groups in total. The van der Waals surface area contributed by atoms with E-state index in [-0.39, 0.29) is 23.4 Å². The van der Waals surface area contributed by atoms with Gasteiger partial charge in [-0.1, -0.05) is 6.92 Å². The Kier molecular flexibility index (Phi) is 7.74. The molecule has 1 amide bonds. The largest absolute Gasteiger partial charge is 0.357 e. The van der Waals surface area contributed by atoms with E-state index in [0.717, 1.165) is 78.8 Å². The molecule has 222 valence electrons. The van der Waals surface area contributed by atoms with Gasteiger partial charge < -0.3 is 10.2 Å². The van der Waals surface area contributed by atoms with Crippen LogP contribution < -0.4 is 10.2 Å². The maximum atomic E-state index is 13.0. The summed E-state index contributed by atoms with van der Waals surface area (Å²) in [5, 5.41) is 22.1. The van der Waals surface area contributed by atoms with Gasteiger partial charge in [-0.25, -0.2) is 9.50 Å². The zero-order valence-corrected chi connectivity index (χ0v) is 25.1. The number of nitrogens with zero attached hydrogens (tertiary/aromatic N) is 7. The Morgan fingerprint density at radius 1 is 1.07 bits per heavy atom. The van der Waals surface area contributed by atoms with Crippen molar-refractivity contribution in [2.24, 2.45) is 5.41 Å². The van der Waals surface area contributed by atoms with Crippen LogP contribution in [0.5, 0.6) is 0 Å². The van der Waals surface area contributed by atoms with Crippen molar-refractivity contribution in [3.63, 3.8) is 0 Å². The van der Waals surface area contributed by atoms with Gasteiger partial charge in [0.05, 0.1) is 34.9 Å². The molecular formula is C33H38N8O2. The summed E-state index contributed by atoms with van der Waals surface area (Å²) in [5.41, 5.74) is 4.56. The third-order valence-corrected chi connectivity index (χ3v) is 9.24. The average Bonchev–Trinajstić information content (AvgIpc) is 3.69. The Morgan fingerprint density at radius 3 is 2.49 bits per heavy atom. The molecule has 0 bridgehead atoms. The summed E-state index contributed by atoms with van der Waals surface area (Å²) < 4.78 is 3.73. The van der Waals surface area contributed by atoms with Crippen LogP contribution in [0.1, 0.15) is 77.3 Å². The number of rotatable bonds is 7. The van der Waals surface area contributed by atoms with Crippen molar-refractivity contribution < 1.29 is 9.59 Å². The normalized spacial score (nSPS) is 17.4. The van der Waals surface area contributed by atoms with E-state index in [0.29, 0.717) is 24.2 Å². The number of aromatic nitrogens is 5. The van der Waals surface area contributed by atoms with Crippen molar-refractivity contribution in [1.29, 1.82) is 5.26 Å². The van der Waals surface area contributed by atoms with Crippen molar-refractivity contribution >= 4 is 23.0 Å². The fourth-order valence-corrected chi connectivity index (χ4v) is 6.51. The van der Waals surface area contributed by atoms with Gasteiger partial charge in [0.1, 0.15) is 17.7 Å². The number of hydrogen-bond acceptors (Lipinski definition) is 7. The van der Waals surface area contributed by atoms with E-state index in [1.165, 1.54) is 0 Å². The number of carbonyl (C=O) groups is 2. The van der Waals surface area contributed by atoms with E-state index in [2.05, 4.69) is 39.5 Å². The maximum Gasteiger partial charge on any atom is 0.226 e. The number of hydrogen-bond donors (Lipinski definition) is 1. The zero-order chi connectivity index (χ0) is 30.1. The van der Waals surface area contributed by atoms with Gasteiger partial charge in [-0.2, -0.15) is 15.5 Å². The maximum absolute atomic E-state index is 13.0. The minimum atomic E-state index is -0.329. The molecular weight excluding hydrogens is 540 g/mol. The van der Waals surface area contributed by atoms with Crippen LogP contribution in [0.15, 0.2) is 49.2 Å². The highest BCUT2D eigenvalue weighted by molar-refractivity contribution is 5.87. The molecule has 1 aliphatic carbocycles. The first-order valence-corrected chi connectivity index (χ1v) is 15.3. The van der Waals surface area contributed by atoms with Crippen LogP contribution in [-0.4, -0.2) is 55.2 Å². The number of amides is 1. The fraction of sp³-hybridized carbons (Fsp3) is 0.455. The van der Waals surface area contributed by atoms with Crippen LogP contribution in [0, 0.1) is 16.7 Å². The minimum absolute atomic E-state index is 0.130. The van der Waals surface area contributed by atoms with Gasteiger partial charge in [0.25, 0.3) is 0 Å². The number of fused-ring (bicyclic) bond motifs is 1. The number of carbonyl (C=O) groups excluding carboxylic acids is 2. The Bertz CT molecular complexity index is 1680. The van der Waals surface area contributed by atoms with E-state index in [4.69, 9.17) is 4.98 Å². The molecule has 43 heavy (non-hydrogen) atoms. The topological polar surface area (TPSA) is 121 Å². The molecule has 4 aromatic heterocycles. The lowest BCUT2D eigenvalue weighted by Gasteiger charge is -2.41. The molecule has 5 heterocycles. The van der Waals surface area contributed by atoms with Crippen molar-refractivity contribution in [3.05, 3.63) is 54.7 Å². The third-order valence-electron chi connectivity index (χ3n) is 9.24. The predicted octanol–water partition coefficient (Wildman–Crippen LogP) is 5.34. The summed E-state index contributed by atoms with van der Waals surface area (Å²) in [6.45, 7) is 7.65. The number of nitrogens with one attached hydrogen (secondary N) is 1. The fourth-order valence-electron chi connectivity index (χ4n) is 6.51. The molecule has 2 fully saturated rings. The van der Waals surface area contributed by atoms with Gasteiger partial charge >= 0.3 is 0 Å². The van der Waals surface area contributed by atoms with Crippen LogP contribution >= 0.6 is 0 Å². The number of Topliss-reactive ketones (excluding diaryl/α,β-unsaturated/α-hetero) is 1.